The molecule has 2 aliphatic rings. The van der Waals surface area contributed by atoms with E-state index in [1.807, 2.05) is 0 Å². The third kappa shape index (κ3) is 8.28. The Morgan fingerprint density at radius 1 is 0.345 bits per heavy atom. The van der Waals surface area contributed by atoms with Gasteiger partial charge in [0, 0.05) is 0 Å². The van der Waals surface area contributed by atoms with Crippen molar-refractivity contribution in [1.29, 1.82) is 0 Å². The second-order valence-electron chi connectivity index (χ2n) is 17.2. The van der Waals surface area contributed by atoms with Gasteiger partial charge in [-0.2, -0.15) is 0 Å². The zero-order valence-corrected chi connectivity index (χ0v) is 37.1. The Hall–Kier alpha value is -2.85. The van der Waals surface area contributed by atoms with Crippen LogP contribution < -0.4 is 0 Å². The molecule has 0 fully saturated rings. The predicted octanol–water partition coefficient (Wildman–Crippen LogP) is 16.5. The molecule has 0 amide bonds. The SMILES string of the molecule is CCCCCCC1(CCCCCC)c2ccccc2-c2ccc(-c3ccc(-c4ccc5c(c4)C(CCCCCC)(CCCCCC)c4ccccc4-5)[te]3)cc21. The molecule has 0 unspecified atom stereocenters. The van der Waals surface area contributed by atoms with E-state index in [0.717, 1.165) is 0 Å². The summed E-state index contributed by atoms with van der Waals surface area (Å²) in [6.07, 6.45) is 26.4. The van der Waals surface area contributed by atoms with Crippen LogP contribution in [0.4, 0.5) is 0 Å². The Morgan fingerprint density at radius 2 is 0.691 bits per heavy atom. The molecule has 1 heteroatoms. The zero-order valence-electron chi connectivity index (χ0n) is 34.8. The number of unbranched alkanes of at least 4 members (excludes halogenated alkanes) is 12. The van der Waals surface area contributed by atoms with Crippen molar-refractivity contribution in [3.63, 3.8) is 0 Å². The van der Waals surface area contributed by atoms with E-state index >= 15 is 0 Å². The van der Waals surface area contributed by atoms with Crippen LogP contribution in [0.3, 0.4) is 0 Å². The molecule has 7 rings (SSSR count). The third-order valence-electron chi connectivity index (χ3n) is 13.5. The number of rotatable bonds is 22. The number of hydrogen-bond acceptors (Lipinski definition) is 0. The maximum absolute atomic E-state index is 2.68. The topological polar surface area (TPSA) is 0 Å². The molecular formula is C54H68Te. The van der Waals surface area contributed by atoms with Crippen molar-refractivity contribution >= 4 is 20.4 Å². The molecule has 290 valence electrons. The Kier molecular flexibility index (Phi) is 14.0. The van der Waals surface area contributed by atoms with E-state index in [1.165, 1.54) is 162 Å². The Morgan fingerprint density at radius 3 is 1.05 bits per heavy atom. The van der Waals surface area contributed by atoms with Gasteiger partial charge in [0.1, 0.15) is 0 Å². The molecule has 4 aromatic carbocycles. The van der Waals surface area contributed by atoms with Crippen LogP contribution in [0, 0.1) is 0 Å². The van der Waals surface area contributed by atoms with Gasteiger partial charge < -0.3 is 0 Å². The fourth-order valence-corrected chi connectivity index (χ4v) is 13.5. The van der Waals surface area contributed by atoms with Crippen LogP contribution in [-0.2, 0) is 10.8 Å². The van der Waals surface area contributed by atoms with Crippen LogP contribution in [0.25, 0.3) is 40.5 Å². The first-order valence-corrected chi connectivity index (χ1v) is 25.0. The van der Waals surface area contributed by atoms with Crippen molar-refractivity contribution in [3.8, 4) is 40.5 Å². The molecule has 0 saturated heterocycles. The van der Waals surface area contributed by atoms with Gasteiger partial charge in [0.05, 0.1) is 0 Å². The minimum absolute atomic E-state index is 0.145. The summed E-state index contributed by atoms with van der Waals surface area (Å²) in [5.41, 5.74) is 15.8. The number of hydrogen-bond donors (Lipinski definition) is 0. The first-order valence-electron chi connectivity index (χ1n) is 22.7. The standard InChI is InChI=1S/C54H68Te/c1-5-9-13-21-35-53(36-22-14-10-6-2)47-27-19-17-25-43(47)45-31-29-41(39-49(45)53)51-33-34-52(55-51)42-30-32-46-44-26-18-20-28-48(44)54(50(46)40-42,37-23-15-11-7-3)38-24-16-12-8-4/h17-20,25-34,39-40H,5-16,21-24,35-38H2,1-4H3. The van der Waals surface area contributed by atoms with Crippen LogP contribution in [0.1, 0.15) is 178 Å². The molecule has 0 aliphatic heterocycles. The van der Waals surface area contributed by atoms with Gasteiger partial charge in [-0.05, 0) is 0 Å². The Balaban J connectivity index is 1.24. The van der Waals surface area contributed by atoms with E-state index in [0.29, 0.717) is 0 Å². The molecule has 0 atom stereocenters. The average molecular weight is 845 g/mol. The molecule has 1 heterocycles. The number of fused-ring (bicyclic) bond motifs is 6. The normalized spacial score (nSPS) is 14.5. The fraction of sp³-hybridized carbons (Fsp3) is 0.481. The van der Waals surface area contributed by atoms with Crippen LogP contribution in [0.2, 0.25) is 0 Å². The molecule has 5 aromatic rings. The summed E-state index contributed by atoms with van der Waals surface area (Å²) < 4.78 is 3.22. The first kappa shape index (κ1) is 40.3. The van der Waals surface area contributed by atoms with E-state index in [1.54, 1.807) is 29.4 Å². The monoisotopic (exact) mass is 846 g/mol. The van der Waals surface area contributed by atoms with Gasteiger partial charge in [-0.25, -0.2) is 0 Å². The maximum atomic E-state index is 2.68. The van der Waals surface area contributed by atoms with Crippen molar-refractivity contribution < 1.29 is 0 Å². The molecule has 55 heavy (non-hydrogen) atoms. The third-order valence-corrected chi connectivity index (χ3v) is 16.9. The molecule has 0 radical (unpaired) electrons. The fourth-order valence-electron chi connectivity index (χ4n) is 10.6. The summed E-state index contributed by atoms with van der Waals surface area (Å²) in [6, 6.07) is 39.3. The zero-order chi connectivity index (χ0) is 38.1. The Labute approximate surface area is 345 Å². The molecule has 0 N–H and O–H groups in total. The van der Waals surface area contributed by atoms with Crippen molar-refractivity contribution in [2.24, 2.45) is 0 Å². The molecule has 0 nitrogen and oxygen atoms in total. The summed E-state index contributed by atoms with van der Waals surface area (Å²) in [4.78, 5) is 0. The molecule has 1 aromatic heterocycles. The number of benzene rings is 4. The van der Waals surface area contributed by atoms with Gasteiger partial charge >= 0.3 is 347 Å². The minimum atomic E-state index is -0.524. The molecule has 2 aliphatic carbocycles. The van der Waals surface area contributed by atoms with E-state index in [-0.39, 0.29) is 10.8 Å². The van der Waals surface area contributed by atoms with Gasteiger partial charge in [0.2, 0.25) is 0 Å². The average Bonchev–Trinajstić information content (AvgIpc) is 3.90. The van der Waals surface area contributed by atoms with E-state index in [2.05, 4.69) is 125 Å². The summed E-state index contributed by atoms with van der Waals surface area (Å²) in [6.45, 7) is 9.37. The quantitative estimate of drug-likeness (QED) is 0.0481. The molecule has 0 spiro atoms. The van der Waals surface area contributed by atoms with Gasteiger partial charge in [0.15, 0.2) is 0 Å². The van der Waals surface area contributed by atoms with E-state index in [4.69, 9.17) is 0 Å². The molecule has 0 bridgehead atoms. The van der Waals surface area contributed by atoms with E-state index < -0.39 is 20.4 Å². The summed E-state index contributed by atoms with van der Waals surface area (Å²) in [5, 5.41) is 0. The first-order chi connectivity index (χ1) is 27.1. The van der Waals surface area contributed by atoms with Crippen molar-refractivity contribution in [1.82, 2.24) is 0 Å². The van der Waals surface area contributed by atoms with Crippen molar-refractivity contribution in [2.75, 3.05) is 0 Å². The van der Waals surface area contributed by atoms with Crippen molar-refractivity contribution in [3.05, 3.63) is 119 Å². The van der Waals surface area contributed by atoms with Gasteiger partial charge in [0.25, 0.3) is 0 Å². The summed E-state index contributed by atoms with van der Waals surface area (Å²) in [5.74, 6) is 0. The van der Waals surface area contributed by atoms with Crippen molar-refractivity contribution in [2.45, 2.75) is 167 Å². The van der Waals surface area contributed by atoms with Gasteiger partial charge in [-0.1, -0.05) is 0 Å². The Bertz CT molecular complexity index is 1820. The molecular weight excluding hydrogens is 776 g/mol. The van der Waals surface area contributed by atoms with Crippen LogP contribution in [0.15, 0.2) is 97.1 Å². The second kappa shape index (κ2) is 19.1. The van der Waals surface area contributed by atoms with Crippen LogP contribution in [-0.4, -0.2) is 20.4 Å². The van der Waals surface area contributed by atoms with E-state index in [9.17, 15) is 0 Å². The van der Waals surface area contributed by atoms with Crippen LogP contribution in [0.5, 0.6) is 0 Å². The van der Waals surface area contributed by atoms with Crippen LogP contribution >= 0.6 is 0 Å². The van der Waals surface area contributed by atoms with Gasteiger partial charge in [-0.15, -0.1) is 0 Å². The summed E-state index contributed by atoms with van der Waals surface area (Å²) >= 11 is -0.524. The summed E-state index contributed by atoms with van der Waals surface area (Å²) in [7, 11) is 0. The van der Waals surface area contributed by atoms with Gasteiger partial charge in [-0.3, -0.25) is 0 Å². The predicted molar refractivity (Wildman–Crippen MR) is 242 cm³/mol. The molecule has 0 saturated carbocycles. The second-order valence-corrected chi connectivity index (χ2v) is 20.3.